The van der Waals surface area contributed by atoms with Gasteiger partial charge in [-0.1, -0.05) is 12.1 Å². The van der Waals surface area contributed by atoms with Gasteiger partial charge in [-0.2, -0.15) is 0 Å². The van der Waals surface area contributed by atoms with Gasteiger partial charge in [0.05, 0.1) is 18.1 Å². The van der Waals surface area contributed by atoms with Gasteiger partial charge in [-0.3, -0.25) is 0 Å². The second kappa shape index (κ2) is 5.23. The fraction of sp³-hybridized carbons (Fsp3) is 0.333. The van der Waals surface area contributed by atoms with Crippen LogP contribution in [0, 0.1) is 0 Å². The van der Waals surface area contributed by atoms with E-state index in [1.807, 2.05) is 35.7 Å². The van der Waals surface area contributed by atoms with Gasteiger partial charge in [0.15, 0.2) is 0 Å². The molecule has 0 radical (unpaired) electrons. The van der Waals surface area contributed by atoms with Gasteiger partial charge in [-0.15, -0.1) is 11.3 Å². The molecule has 1 aliphatic rings. The number of methoxy groups -OCH3 is 1. The zero-order valence-corrected chi connectivity index (χ0v) is 11.5. The van der Waals surface area contributed by atoms with E-state index in [0.717, 1.165) is 34.8 Å². The van der Waals surface area contributed by atoms with Crippen molar-refractivity contribution in [1.29, 1.82) is 0 Å². The van der Waals surface area contributed by atoms with E-state index in [0.29, 0.717) is 6.10 Å². The molecule has 0 aliphatic heterocycles. The molecule has 4 heteroatoms. The first-order valence-electron chi connectivity index (χ1n) is 6.34. The average molecular weight is 276 g/mol. The molecule has 1 saturated carbocycles. The van der Waals surface area contributed by atoms with E-state index in [-0.39, 0.29) is 0 Å². The Bertz CT molecular complexity index is 560. The van der Waals surface area contributed by atoms with E-state index in [1.165, 1.54) is 11.3 Å². The van der Waals surface area contributed by atoms with Crippen LogP contribution < -0.4 is 9.47 Å². The lowest BCUT2D eigenvalue weighted by Crippen LogP contribution is -2.01. The molecule has 1 heterocycles. The smallest absolute Gasteiger partial charge is 0.135 e. The van der Waals surface area contributed by atoms with Crippen LogP contribution in [-0.2, 0) is 0 Å². The molecule has 0 amide bonds. The van der Waals surface area contributed by atoms with Crippen molar-refractivity contribution >= 4 is 11.3 Å². The standard InChI is InChI=1S/C15H16O3S/c1-17-13-7-8-19-15(13)14(16)10-3-2-4-12(9-10)18-11-5-6-11/h2-4,7-9,11,14,16H,5-6H2,1H3. The van der Waals surface area contributed by atoms with Gasteiger partial charge in [0.1, 0.15) is 17.6 Å². The Balaban J connectivity index is 1.84. The predicted octanol–water partition coefficient (Wildman–Crippen LogP) is 3.38. The summed E-state index contributed by atoms with van der Waals surface area (Å²) >= 11 is 1.49. The van der Waals surface area contributed by atoms with Crippen LogP contribution in [-0.4, -0.2) is 18.3 Å². The van der Waals surface area contributed by atoms with Crippen LogP contribution in [0.5, 0.6) is 11.5 Å². The van der Waals surface area contributed by atoms with Gasteiger partial charge in [-0.05, 0) is 42.0 Å². The molecule has 0 spiro atoms. The van der Waals surface area contributed by atoms with Crippen LogP contribution in [0.3, 0.4) is 0 Å². The van der Waals surface area contributed by atoms with E-state index < -0.39 is 6.10 Å². The molecule has 100 valence electrons. The number of ether oxygens (including phenoxy) is 2. The molecule has 1 unspecified atom stereocenters. The summed E-state index contributed by atoms with van der Waals surface area (Å²) in [6.07, 6.45) is 1.96. The van der Waals surface area contributed by atoms with E-state index >= 15 is 0 Å². The number of benzene rings is 1. The minimum atomic E-state index is -0.669. The summed E-state index contributed by atoms with van der Waals surface area (Å²) in [6, 6.07) is 9.52. The topological polar surface area (TPSA) is 38.7 Å². The lowest BCUT2D eigenvalue weighted by atomic mass is 10.1. The van der Waals surface area contributed by atoms with E-state index in [2.05, 4.69) is 0 Å². The van der Waals surface area contributed by atoms with Crippen LogP contribution in [0.2, 0.25) is 0 Å². The largest absolute Gasteiger partial charge is 0.495 e. The van der Waals surface area contributed by atoms with Crippen molar-refractivity contribution in [3.63, 3.8) is 0 Å². The number of aliphatic hydroxyl groups is 1. The monoisotopic (exact) mass is 276 g/mol. The fourth-order valence-corrected chi connectivity index (χ4v) is 2.84. The highest BCUT2D eigenvalue weighted by Gasteiger charge is 2.24. The number of aliphatic hydroxyl groups excluding tert-OH is 1. The Labute approximate surface area is 116 Å². The minimum Gasteiger partial charge on any atom is -0.495 e. The molecule has 2 aromatic rings. The zero-order valence-electron chi connectivity index (χ0n) is 10.7. The summed E-state index contributed by atoms with van der Waals surface area (Å²) in [5.41, 5.74) is 0.832. The van der Waals surface area contributed by atoms with E-state index in [4.69, 9.17) is 9.47 Å². The average Bonchev–Trinajstić information content (AvgIpc) is 3.11. The van der Waals surface area contributed by atoms with E-state index in [1.54, 1.807) is 7.11 Å². The normalized spacial score (nSPS) is 16.1. The Hall–Kier alpha value is -1.52. The summed E-state index contributed by atoms with van der Waals surface area (Å²) in [5, 5.41) is 12.4. The summed E-state index contributed by atoms with van der Waals surface area (Å²) < 4.78 is 11.0. The zero-order chi connectivity index (χ0) is 13.2. The molecule has 1 aromatic carbocycles. The third-order valence-corrected chi connectivity index (χ3v) is 4.08. The fourth-order valence-electron chi connectivity index (χ4n) is 1.96. The van der Waals surface area contributed by atoms with Crippen LogP contribution in [0.4, 0.5) is 0 Å². The van der Waals surface area contributed by atoms with Gasteiger partial charge < -0.3 is 14.6 Å². The first kappa shape index (κ1) is 12.5. The number of hydrogen-bond donors (Lipinski definition) is 1. The SMILES string of the molecule is COc1ccsc1C(O)c1cccc(OC2CC2)c1. The Morgan fingerprint density at radius 3 is 2.89 bits per heavy atom. The van der Waals surface area contributed by atoms with Crippen LogP contribution in [0.15, 0.2) is 35.7 Å². The van der Waals surface area contributed by atoms with Gasteiger partial charge in [0.2, 0.25) is 0 Å². The second-order valence-electron chi connectivity index (χ2n) is 4.65. The number of rotatable bonds is 5. The first-order chi connectivity index (χ1) is 9.28. The van der Waals surface area contributed by atoms with Crippen molar-refractivity contribution in [2.45, 2.75) is 25.0 Å². The molecule has 1 fully saturated rings. The maximum Gasteiger partial charge on any atom is 0.135 e. The van der Waals surface area contributed by atoms with Crippen molar-refractivity contribution in [1.82, 2.24) is 0 Å². The lowest BCUT2D eigenvalue weighted by Gasteiger charge is -2.13. The number of hydrogen-bond acceptors (Lipinski definition) is 4. The van der Waals surface area contributed by atoms with Crippen LogP contribution >= 0.6 is 11.3 Å². The third kappa shape index (κ3) is 2.74. The number of thiophene rings is 1. The van der Waals surface area contributed by atoms with Crippen molar-refractivity contribution < 1.29 is 14.6 Å². The van der Waals surface area contributed by atoms with E-state index in [9.17, 15) is 5.11 Å². The summed E-state index contributed by atoms with van der Waals surface area (Å²) in [5.74, 6) is 1.56. The molecular weight excluding hydrogens is 260 g/mol. The molecule has 19 heavy (non-hydrogen) atoms. The molecule has 1 aliphatic carbocycles. The summed E-state index contributed by atoms with van der Waals surface area (Å²) in [7, 11) is 1.62. The maximum absolute atomic E-state index is 10.4. The van der Waals surface area contributed by atoms with Gasteiger partial charge in [-0.25, -0.2) is 0 Å². The molecule has 1 atom stereocenters. The van der Waals surface area contributed by atoms with Gasteiger partial charge >= 0.3 is 0 Å². The van der Waals surface area contributed by atoms with Crippen molar-refractivity contribution in [2.24, 2.45) is 0 Å². The van der Waals surface area contributed by atoms with Crippen LogP contribution in [0.25, 0.3) is 0 Å². The third-order valence-electron chi connectivity index (χ3n) is 3.13. The maximum atomic E-state index is 10.4. The summed E-state index contributed by atoms with van der Waals surface area (Å²) in [6.45, 7) is 0. The predicted molar refractivity (Wildman–Crippen MR) is 75.0 cm³/mol. The molecule has 0 bridgehead atoms. The Morgan fingerprint density at radius 1 is 1.32 bits per heavy atom. The lowest BCUT2D eigenvalue weighted by molar-refractivity contribution is 0.218. The highest BCUT2D eigenvalue weighted by molar-refractivity contribution is 7.10. The van der Waals surface area contributed by atoms with Crippen molar-refractivity contribution in [3.05, 3.63) is 46.2 Å². The van der Waals surface area contributed by atoms with Crippen LogP contribution in [0.1, 0.15) is 29.4 Å². The molecule has 3 nitrogen and oxygen atoms in total. The highest BCUT2D eigenvalue weighted by atomic mass is 32.1. The second-order valence-corrected chi connectivity index (χ2v) is 5.59. The quantitative estimate of drug-likeness (QED) is 0.910. The molecular formula is C15H16O3S. The minimum absolute atomic E-state index is 0.365. The molecule has 1 aromatic heterocycles. The first-order valence-corrected chi connectivity index (χ1v) is 7.22. The van der Waals surface area contributed by atoms with Crippen molar-refractivity contribution in [2.75, 3.05) is 7.11 Å². The molecule has 0 saturated heterocycles. The Kier molecular flexibility index (Phi) is 3.44. The van der Waals surface area contributed by atoms with Gasteiger partial charge in [0, 0.05) is 0 Å². The molecule has 3 rings (SSSR count). The summed E-state index contributed by atoms with van der Waals surface area (Å²) in [4.78, 5) is 0.825. The van der Waals surface area contributed by atoms with Crippen molar-refractivity contribution in [3.8, 4) is 11.5 Å². The van der Waals surface area contributed by atoms with Gasteiger partial charge in [0.25, 0.3) is 0 Å². The Morgan fingerprint density at radius 2 is 2.16 bits per heavy atom. The molecule has 1 N–H and O–H groups in total. The highest BCUT2D eigenvalue weighted by Crippen LogP contribution is 2.36.